The number of phenols is 1. The van der Waals surface area contributed by atoms with Gasteiger partial charge in [0, 0.05) is 52.0 Å². The quantitative estimate of drug-likeness (QED) is 0.0181. The van der Waals surface area contributed by atoms with Gasteiger partial charge in [-0.05, 0) is 91.3 Å². The van der Waals surface area contributed by atoms with Crippen molar-refractivity contribution in [3.63, 3.8) is 0 Å². The SMILES string of the molecule is CC(C)[C@@H](NC(=O)[C@H](CCCNC(=N)N)NC(=O)[C@H](Cc1ccc(O)cc1)NC(=O)[C@@H]1CCCN1C(=O)CNC(=O)CN)C(=O)NCCC(=O)N[C@@H](CCCNC(=N)N)C(=O)N[C@H](Cc1ccc2ccccc2c1)C(=O)N1CCC[C@H]1C(=O)O. The number of carboxylic acids is 1. The third-order valence-corrected chi connectivity index (χ3v) is 14.3. The number of aromatic hydroxyl groups is 1. The van der Waals surface area contributed by atoms with E-state index in [4.69, 9.17) is 28.0 Å². The van der Waals surface area contributed by atoms with Gasteiger partial charge in [-0.3, -0.25) is 54.0 Å². The van der Waals surface area contributed by atoms with Crippen LogP contribution in [-0.4, -0.2) is 179 Å². The lowest BCUT2D eigenvalue weighted by Crippen LogP contribution is -2.59. The van der Waals surface area contributed by atoms with E-state index in [2.05, 4.69) is 47.9 Å². The Morgan fingerprint density at radius 2 is 1.17 bits per heavy atom. The van der Waals surface area contributed by atoms with E-state index in [1.807, 2.05) is 42.5 Å². The summed E-state index contributed by atoms with van der Waals surface area (Å²) in [6, 6.07) is 10.5. The standard InChI is InChI=1S/C56H80N16O12/c1-32(2)47(70-49(78)39(12-6-23-64-56(60)61)67-50(79)40(28-33-16-19-37(73)20-17-33)68-51(80)42-13-7-25-71(42)46(76)31-65-45(75)30-57)52(81)62-24-21-44(74)66-38(11-5-22-63-55(58)59)48(77)69-41(53(82)72-26-8-14-43(72)54(83)84)29-34-15-18-35-9-3-4-10-36(35)27-34/h3-4,9-10,15-20,27,32,38-43,47,73H,5-8,11-14,21-26,28-31,57H2,1-2H3,(H,62,81)(H,65,75)(H,66,74)(H,67,79)(H,68,80)(H,69,77)(H,70,78)(H,83,84)(H4,58,59,63)(H4,60,61,64)/t38-,39-,40-,41+,42-,43-,47+/m0/s1. The fraction of sp³-hybridized carbons (Fsp3) is 0.500. The molecule has 2 aliphatic heterocycles. The summed E-state index contributed by atoms with van der Waals surface area (Å²) in [5, 5.41) is 60.8. The minimum Gasteiger partial charge on any atom is -0.508 e. The van der Waals surface area contributed by atoms with E-state index in [0.29, 0.717) is 24.0 Å². The lowest BCUT2D eigenvalue weighted by molar-refractivity contribution is -0.149. The fourth-order valence-electron chi connectivity index (χ4n) is 9.92. The molecule has 5 rings (SSSR count). The Kier molecular flexibility index (Phi) is 25.5. The number of carbonyl (C=O) groups is 10. The summed E-state index contributed by atoms with van der Waals surface area (Å²) in [5.41, 5.74) is 17.5. The first kappa shape index (κ1) is 65.7. The van der Waals surface area contributed by atoms with Gasteiger partial charge >= 0.3 is 5.97 Å². The van der Waals surface area contributed by atoms with Gasteiger partial charge in [0.25, 0.3) is 0 Å². The Labute approximate surface area is 486 Å². The highest BCUT2D eigenvalue weighted by Crippen LogP contribution is 2.23. The predicted molar refractivity (Wildman–Crippen MR) is 309 cm³/mol. The molecule has 9 amide bonds. The van der Waals surface area contributed by atoms with Crippen molar-refractivity contribution in [3.8, 4) is 5.75 Å². The minimum absolute atomic E-state index is 0.000939. The monoisotopic (exact) mass is 1170 g/mol. The number of aliphatic carboxylic acids is 1. The van der Waals surface area contributed by atoms with Crippen LogP contribution in [0.5, 0.6) is 5.75 Å². The molecule has 28 heteroatoms. The van der Waals surface area contributed by atoms with Gasteiger partial charge in [0.15, 0.2) is 11.9 Å². The number of phenolic OH excluding ortho intramolecular Hbond substituents is 1. The van der Waals surface area contributed by atoms with Gasteiger partial charge in [-0.2, -0.15) is 0 Å². The smallest absolute Gasteiger partial charge is 0.326 e. The van der Waals surface area contributed by atoms with Crippen molar-refractivity contribution in [3.05, 3.63) is 77.9 Å². The van der Waals surface area contributed by atoms with Crippen molar-refractivity contribution in [1.29, 1.82) is 10.8 Å². The summed E-state index contributed by atoms with van der Waals surface area (Å²) >= 11 is 0. The van der Waals surface area contributed by atoms with Crippen LogP contribution < -0.4 is 65.1 Å². The zero-order chi connectivity index (χ0) is 61.5. The van der Waals surface area contributed by atoms with Crippen LogP contribution in [0, 0.1) is 16.7 Å². The number of guanidine groups is 2. The number of hydrogen-bond donors (Lipinski definition) is 16. The van der Waals surface area contributed by atoms with Gasteiger partial charge < -0.3 is 85.1 Å². The lowest BCUT2D eigenvalue weighted by atomic mass is 10.00. The van der Waals surface area contributed by atoms with Gasteiger partial charge in [-0.1, -0.05) is 68.4 Å². The summed E-state index contributed by atoms with van der Waals surface area (Å²) in [6.07, 6.45) is 1.27. The van der Waals surface area contributed by atoms with Crippen LogP contribution in [-0.2, 0) is 60.8 Å². The molecule has 0 aromatic heterocycles. The molecule has 3 aromatic carbocycles. The first-order valence-corrected chi connectivity index (χ1v) is 28.0. The molecule has 7 atom stereocenters. The minimum atomic E-state index is -1.35. The topological polar surface area (TPSA) is 452 Å². The zero-order valence-electron chi connectivity index (χ0n) is 47.3. The second kappa shape index (κ2) is 32.5. The average Bonchev–Trinajstić information content (AvgIpc) is 3.92. The van der Waals surface area contributed by atoms with Gasteiger partial charge in [-0.25, -0.2) is 4.79 Å². The molecule has 0 radical (unpaired) electrons. The first-order valence-electron chi connectivity index (χ1n) is 28.0. The Balaban J connectivity index is 1.28. The van der Waals surface area contributed by atoms with E-state index in [0.717, 1.165) is 10.8 Å². The van der Waals surface area contributed by atoms with Crippen molar-refractivity contribution >= 4 is 81.8 Å². The molecule has 28 nitrogen and oxygen atoms in total. The molecule has 2 saturated heterocycles. The lowest BCUT2D eigenvalue weighted by Gasteiger charge is -2.29. The van der Waals surface area contributed by atoms with E-state index < -0.39 is 114 Å². The van der Waals surface area contributed by atoms with Crippen LogP contribution in [0.15, 0.2) is 66.7 Å². The van der Waals surface area contributed by atoms with Crippen molar-refractivity contribution in [2.45, 2.75) is 127 Å². The van der Waals surface area contributed by atoms with E-state index >= 15 is 0 Å². The van der Waals surface area contributed by atoms with Crippen molar-refractivity contribution in [1.82, 2.24) is 57.7 Å². The number of nitrogens with one attached hydrogen (secondary N) is 11. The highest BCUT2D eigenvalue weighted by atomic mass is 16.4. The summed E-state index contributed by atoms with van der Waals surface area (Å²) in [6.45, 7) is 2.93. The number of benzene rings is 3. The third kappa shape index (κ3) is 20.4. The molecule has 2 aliphatic rings. The van der Waals surface area contributed by atoms with Crippen LogP contribution in [0.25, 0.3) is 10.8 Å². The number of amides is 9. The Bertz CT molecular complexity index is 2850. The highest BCUT2D eigenvalue weighted by molar-refractivity contribution is 5.97. The summed E-state index contributed by atoms with van der Waals surface area (Å²) < 4.78 is 0. The summed E-state index contributed by atoms with van der Waals surface area (Å²) in [7, 11) is 0. The molecule has 84 heavy (non-hydrogen) atoms. The van der Waals surface area contributed by atoms with Gasteiger partial charge in [-0.15, -0.1) is 0 Å². The normalized spacial score (nSPS) is 16.4. The largest absolute Gasteiger partial charge is 0.508 e. The number of fused-ring (bicyclic) bond motifs is 1. The molecule has 0 unspecified atom stereocenters. The van der Waals surface area contributed by atoms with Gasteiger partial charge in [0.2, 0.25) is 53.2 Å². The first-order chi connectivity index (χ1) is 40.0. The van der Waals surface area contributed by atoms with Crippen LogP contribution in [0.2, 0.25) is 0 Å². The second-order valence-electron chi connectivity index (χ2n) is 21.1. The summed E-state index contributed by atoms with van der Waals surface area (Å²) in [5.74, 6) is -8.57. The average molecular weight is 1170 g/mol. The third-order valence-electron chi connectivity index (χ3n) is 14.3. The van der Waals surface area contributed by atoms with E-state index in [9.17, 15) is 58.2 Å². The number of hydrogen-bond acceptors (Lipinski definition) is 14. The van der Waals surface area contributed by atoms with E-state index in [-0.39, 0.29) is 115 Å². The van der Waals surface area contributed by atoms with Crippen molar-refractivity contribution in [2.75, 3.05) is 45.8 Å². The van der Waals surface area contributed by atoms with Gasteiger partial charge in [0.05, 0.1) is 13.1 Å². The number of nitrogens with zero attached hydrogens (tertiary/aromatic N) is 2. The second-order valence-corrected chi connectivity index (χ2v) is 21.1. The molecule has 0 spiro atoms. The summed E-state index contributed by atoms with van der Waals surface area (Å²) in [4.78, 5) is 138. The highest BCUT2D eigenvalue weighted by Gasteiger charge is 2.40. The number of rotatable bonds is 31. The maximum Gasteiger partial charge on any atom is 0.326 e. The molecule has 456 valence electrons. The van der Waals surface area contributed by atoms with Crippen molar-refractivity contribution < 1.29 is 58.2 Å². The fourth-order valence-corrected chi connectivity index (χ4v) is 9.92. The number of likely N-dealkylation sites (tertiary alicyclic amines) is 2. The van der Waals surface area contributed by atoms with Crippen molar-refractivity contribution in [2.24, 2.45) is 23.1 Å². The Hall–Kier alpha value is -9.08. The Morgan fingerprint density at radius 3 is 1.79 bits per heavy atom. The number of carboxylic acid groups (broad SMARTS) is 1. The molecular weight excluding hydrogens is 1090 g/mol. The molecule has 2 fully saturated rings. The predicted octanol–water partition coefficient (Wildman–Crippen LogP) is -2.42. The van der Waals surface area contributed by atoms with Crippen LogP contribution >= 0.6 is 0 Å². The molecule has 3 aromatic rings. The molecular formula is C56H80N16O12. The van der Waals surface area contributed by atoms with Crippen LogP contribution in [0.1, 0.15) is 82.8 Å². The Morgan fingerprint density at radius 1 is 0.607 bits per heavy atom. The molecule has 2 heterocycles. The number of nitrogens with two attached hydrogens (primary N) is 3. The molecule has 19 N–H and O–H groups in total. The van der Waals surface area contributed by atoms with Gasteiger partial charge in [0.1, 0.15) is 48.0 Å². The maximum atomic E-state index is 14.3. The molecule has 0 bridgehead atoms. The van der Waals surface area contributed by atoms with Crippen LogP contribution in [0.3, 0.4) is 0 Å². The van der Waals surface area contributed by atoms with Crippen LogP contribution in [0.4, 0.5) is 0 Å². The van der Waals surface area contributed by atoms with E-state index in [1.165, 1.54) is 34.1 Å². The molecule has 0 aliphatic carbocycles. The molecule has 0 saturated carbocycles. The number of carbonyl (C=O) groups excluding carboxylic acids is 9. The zero-order valence-corrected chi connectivity index (χ0v) is 47.3. The van der Waals surface area contributed by atoms with E-state index in [1.54, 1.807) is 13.8 Å². The maximum absolute atomic E-state index is 14.3.